The predicted octanol–water partition coefficient (Wildman–Crippen LogP) is 3.76. The van der Waals surface area contributed by atoms with E-state index in [0.29, 0.717) is 17.8 Å². The van der Waals surface area contributed by atoms with Crippen molar-refractivity contribution in [2.24, 2.45) is 0 Å². The SMILES string of the molecule is Cc1cc(NCCc2ccsc2)c([N+](=O)[O-])cc1F. The third-order valence-electron chi connectivity index (χ3n) is 2.78. The summed E-state index contributed by atoms with van der Waals surface area (Å²) in [6.45, 7) is 2.16. The number of nitrogens with one attached hydrogen (secondary N) is 1. The Morgan fingerprint density at radius 1 is 1.47 bits per heavy atom. The number of halogens is 1. The van der Waals surface area contributed by atoms with Crippen molar-refractivity contribution in [2.75, 3.05) is 11.9 Å². The molecule has 1 aromatic carbocycles. The van der Waals surface area contributed by atoms with E-state index in [0.717, 1.165) is 12.5 Å². The minimum atomic E-state index is -0.574. The molecule has 0 atom stereocenters. The molecule has 100 valence electrons. The summed E-state index contributed by atoms with van der Waals surface area (Å²) in [7, 11) is 0. The lowest BCUT2D eigenvalue weighted by atomic mass is 10.1. The summed E-state index contributed by atoms with van der Waals surface area (Å²) in [5.74, 6) is -0.560. The molecule has 4 nitrogen and oxygen atoms in total. The second-order valence-electron chi connectivity index (χ2n) is 4.18. The first-order chi connectivity index (χ1) is 9.08. The lowest BCUT2D eigenvalue weighted by molar-refractivity contribution is -0.384. The summed E-state index contributed by atoms with van der Waals surface area (Å²) in [5, 5.41) is 17.9. The maximum Gasteiger partial charge on any atom is 0.295 e. The van der Waals surface area contributed by atoms with Crippen LogP contribution in [0.4, 0.5) is 15.8 Å². The summed E-state index contributed by atoms with van der Waals surface area (Å²) in [4.78, 5) is 10.3. The Balaban J connectivity index is 2.10. The lowest BCUT2D eigenvalue weighted by Crippen LogP contribution is -2.07. The van der Waals surface area contributed by atoms with Crippen molar-refractivity contribution in [1.29, 1.82) is 0 Å². The molecule has 6 heteroatoms. The highest BCUT2D eigenvalue weighted by molar-refractivity contribution is 7.07. The largest absolute Gasteiger partial charge is 0.379 e. The fraction of sp³-hybridized carbons (Fsp3) is 0.231. The number of nitrogens with zero attached hydrogens (tertiary/aromatic N) is 1. The van der Waals surface area contributed by atoms with Crippen molar-refractivity contribution in [3.05, 3.63) is 56.0 Å². The van der Waals surface area contributed by atoms with Crippen molar-refractivity contribution >= 4 is 22.7 Å². The molecule has 0 amide bonds. The van der Waals surface area contributed by atoms with Crippen LogP contribution >= 0.6 is 11.3 Å². The maximum atomic E-state index is 13.3. The van der Waals surface area contributed by atoms with Gasteiger partial charge >= 0.3 is 0 Å². The monoisotopic (exact) mass is 280 g/mol. The van der Waals surface area contributed by atoms with Crippen molar-refractivity contribution in [3.63, 3.8) is 0 Å². The molecule has 0 unspecified atom stereocenters. The quantitative estimate of drug-likeness (QED) is 0.670. The highest BCUT2D eigenvalue weighted by Crippen LogP contribution is 2.27. The van der Waals surface area contributed by atoms with Gasteiger partial charge in [-0.05, 0) is 47.4 Å². The molecule has 2 aromatic rings. The van der Waals surface area contributed by atoms with Gasteiger partial charge in [-0.2, -0.15) is 11.3 Å². The Labute approximate surface area is 114 Å². The van der Waals surface area contributed by atoms with Crippen LogP contribution in [0.25, 0.3) is 0 Å². The van der Waals surface area contributed by atoms with Crippen molar-refractivity contribution in [1.82, 2.24) is 0 Å². The first-order valence-electron chi connectivity index (χ1n) is 5.77. The van der Waals surface area contributed by atoms with Gasteiger partial charge in [0, 0.05) is 6.54 Å². The average Bonchev–Trinajstić information content (AvgIpc) is 2.86. The van der Waals surface area contributed by atoms with Gasteiger partial charge in [-0.1, -0.05) is 0 Å². The van der Waals surface area contributed by atoms with Crippen LogP contribution in [0.1, 0.15) is 11.1 Å². The summed E-state index contributed by atoms with van der Waals surface area (Å²) in [5.41, 5.74) is 1.70. The minimum absolute atomic E-state index is 0.228. The maximum absolute atomic E-state index is 13.3. The molecule has 0 aliphatic heterocycles. The van der Waals surface area contributed by atoms with E-state index in [1.807, 2.05) is 16.8 Å². The molecular weight excluding hydrogens is 267 g/mol. The molecule has 0 saturated carbocycles. The number of aryl methyl sites for hydroxylation is 1. The van der Waals surface area contributed by atoms with Crippen LogP contribution in [-0.4, -0.2) is 11.5 Å². The zero-order chi connectivity index (χ0) is 13.8. The van der Waals surface area contributed by atoms with E-state index in [1.54, 1.807) is 18.3 Å². The number of hydrogen-bond acceptors (Lipinski definition) is 4. The normalized spacial score (nSPS) is 10.4. The van der Waals surface area contributed by atoms with Gasteiger partial charge in [0.1, 0.15) is 11.5 Å². The Hall–Kier alpha value is -1.95. The molecule has 1 heterocycles. The summed E-state index contributed by atoms with van der Waals surface area (Å²) < 4.78 is 13.3. The highest BCUT2D eigenvalue weighted by Gasteiger charge is 2.16. The molecule has 1 aromatic heterocycles. The standard InChI is InChI=1S/C13H13FN2O2S/c1-9-6-12(13(16(17)18)7-11(9)14)15-4-2-10-3-5-19-8-10/h3,5-8,15H,2,4H2,1H3. The minimum Gasteiger partial charge on any atom is -0.379 e. The third-order valence-corrected chi connectivity index (χ3v) is 3.51. The van der Waals surface area contributed by atoms with Crippen molar-refractivity contribution in [2.45, 2.75) is 13.3 Å². The Bertz CT molecular complexity index is 585. The van der Waals surface area contributed by atoms with Crippen LogP contribution < -0.4 is 5.32 Å². The molecule has 0 fully saturated rings. The van der Waals surface area contributed by atoms with E-state index in [4.69, 9.17) is 0 Å². The predicted molar refractivity (Wildman–Crippen MR) is 74.3 cm³/mol. The number of rotatable bonds is 5. The van der Waals surface area contributed by atoms with E-state index in [2.05, 4.69) is 5.32 Å². The second kappa shape index (κ2) is 5.79. The summed E-state index contributed by atoms with van der Waals surface area (Å²) in [6, 6.07) is 4.44. The van der Waals surface area contributed by atoms with Crippen LogP contribution in [0.15, 0.2) is 29.0 Å². The highest BCUT2D eigenvalue weighted by atomic mass is 32.1. The smallest absolute Gasteiger partial charge is 0.295 e. The topological polar surface area (TPSA) is 55.2 Å². The molecule has 0 radical (unpaired) electrons. The molecule has 1 N–H and O–H groups in total. The molecule has 0 saturated heterocycles. The second-order valence-corrected chi connectivity index (χ2v) is 4.96. The first-order valence-corrected chi connectivity index (χ1v) is 6.71. The van der Waals surface area contributed by atoms with Crippen molar-refractivity contribution < 1.29 is 9.31 Å². The van der Waals surface area contributed by atoms with Crippen LogP contribution in [-0.2, 0) is 6.42 Å². The van der Waals surface area contributed by atoms with Gasteiger partial charge in [0.05, 0.1) is 11.0 Å². The molecule has 0 spiro atoms. The third kappa shape index (κ3) is 3.29. The van der Waals surface area contributed by atoms with Gasteiger partial charge in [-0.25, -0.2) is 4.39 Å². The Morgan fingerprint density at radius 3 is 2.89 bits per heavy atom. The zero-order valence-corrected chi connectivity index (χ0v) is 11.2. The van der Waals surface area contributed by atoms with Crippen molar-refractivity contribution in [3.8, 4) is 0 Å². The molecular formula is C13H13FN2O2S. The molecule has 2 rings (SSSR count). The number of benzene rings is 1. The Kier molecular flexibility index (Phi) is 4.11. The fourth-order valence-electron chi connectivity index (χ4n) is 1.74. The zero-order valence-electron chi connectivity index (χ0n) is 10.4. The number of anilines is 1. The Morgan fingerprint density at radius 2 is 2.26 bits per heavy atom. The number of hydrogen-bond donors (Lipinski definition) is 1. The van der Waals surface area contributed by atoms with E-state index >= 15 is 0 Å². The summed E-state index contributed by atoms with van der Waals surface area (Å²) >= 11 is 1.61. The average molecular weight is 280 g/mol. The van der Waals surface area contributed by atoms with E-state index in [-0.39, 0.29) is 5.69 Å². The van der Waals surface area contributed by atoms with E-state index in [1.165, 1.54) is 11.6 Å². The molecule has 0 aliphatic carbocycles. The van der Waals surface area contributed by atoms with Crippen LogP contribution in [0.2, 0.25) is 0 Å². The van der Waals surface area contributed by atoms with Crippen LogP contribution in [0.5, 0.6) is 0 Å². The lowest BCUT2D eigenvalue weighted by Gasteiger charge is -2.08. The van der Waals surface area contributed by atoms with Gasteiger partial charge in [0.25, 0.3) is 5.69 Å². The van der Waals surface area contributed by atoms with Crippen LogP contribution in [0, 0.1) is 22.9 Å². The molecule has 0 aliphatic rings. The molecule has 19 heavy (non-hydrogen) atoms. The number of nitro benzene ring substituents is 1. The van der Waals surface area contributed by atoms with Gasteiger partial charge in [-0.15, -0.1) is 0 Å². The summed E-state index contributed by atoms with van der Waals surface area (Å²) in [6.07, 6.45) is 0.775. The fourth-order valence-corrected chi connectivity index (χ4v) is 2.44. The number of thiophene rings is 1. The first kappa shape index (κ1) is 13.5. The van der Waals surface area contributed by atoms with Gasteiger partial charge in [0.15, 0.2) is 0 Å². The van der Waals surface area contributed by atoms with E-state index in [9.17, 15) is 14.5 Å². The van der Waals surface area contributed by atoms with Crippen LogP contribution in [0.3, 0.4) is 0 Å². The molecule has 0 bridgehead atoms. The van der Waals surface area contributed by atoms with E-state index < -0.39 is 10.7 Å². The van der Waals surface area contributed by atoms with Gasteiger partial charge in [0.2, 0.25) is 0 Å². The number of nitro groups is 1. The van der Waals surface area contributed by atoms with Gasteiger partial charge in [-0.3, -0.25) is 10.1 Å². The van der Waals surface area contributed by atoms with Gasteiger partial charge < -0.3 is 5.32 Å².